The molecule has 0 radical (unpaired) electrons. The summed E-state index contributed by atoms with van der Waals surface area (Å²) in [7, 11) is 0. The fraction of sp³-hybridized carbons (Fsp3) is 0.818. The summed E-state index contributed by atoms with van der Waals surface area (Å²) in [6, 6.07) is -1.19. The number of carbonyl (C=O) groups is 2. The quantitative estimate of drug-likeness (QED) is 0.679. The van der Waals surface area contributed by atoms with Crippen LogP contribution in [0, 0.1) is 0 Å². The molecule has 9 heteroatoms. The van der Waals surface area contributed by atoms with E-state index in [9.17, 15) is 27.2 Å². The molecule has 0 aromatic heterocycles. The second kappa shape index (κ2) is 6.27. The number of carbonyl (C=O) groups excluding carboxylic acids is 1. The van der Waals surface area contributed by atoms with E-state index >= 15 is 0 Å². The van der Waals surface area contributed by atoms with Crippen molar-refractivity contribution in [3.05, 3.63) is 0 Å². The van der Waals surface area contributed by atoms with Crippen molar-refractivity contribution >= 4 is 12.0 Å². The maximum Gasteiger partial charge on any atom is 0.329 e. The molecular formula is C11H16F4N2O3. The second-order valence-corrected chi connectivity index (χ2v) is 4.82. The van der Waals surface area contributed by atoms with Gasteiger partial charge in [-0.15, -0.1) is 0 Å². The molecule has 0 aromatic carbocycles. The summed E-state index contributed by atoms with van der Waals surface area (Å²) in [4.78, 5) is 22.6. The summed E-state index contributed by atoms with van der Waals surface area (Å²) < 4.78 is 49.1. The predicted molar refractivity (Wildman–Crippen MR) is 60.9 cm³/mol. The summed E-state index contributed by atoms with van der Waals surface area (Å²) in [6.45, 7) is -1.55. The number of aliphatic carboxylic acids is 1. The Morgan fingerprint density at radius 3 is 2.20 bits per heavy atom. The molecule has 0 spiro atoms. The zero-order valence-corrected chi connectivity index (χ0v) is 10.6. The Labute approximate surface area is 112 Å². The Balaban J connectivity index is 2.57. The number of amides is 2. The number of rotatable bonds is 5. The molecule has 1 aliphatic rings. The molecular weight excluding hydrogens is 284 g/mol. The highest BCUT2D eigenvalue weighted by Gasteiger charge is 2.43. The second-order valence-electron chi connectivity index (χ2n) is 4.82. The van der Waals surface area contributed by atoms with Crippen LogP contribution in [0.5, 0.6) is 0 Å². The normalized spacial score (nSPS) is 18.6. The Bertz CT molecular complexity index is 371. The first-order chi connectivity index (χ1) is 9.19. The number of urea groups is 1. The summed E-state index contributed by atoms with van der Waals surface area (Å²) in [5, 5.41) is 12.8. The molecule has 116 valence electrons. The zero-order valence-electron chi connectivity index (χ0n) is 10.6. The monoisotopic (exact) mass is 300 g/mol. The molecule has 0 aromatic rings. The molecule has 2 amide bonds. The zero-order chi connectivity index (χ0) is 15.4. The van der Waals surface area contributed by atoms with Crippen molar-refractivity contribution in [1.82, 2.24) is 10.6 Å². The van der Waals surface area contributed by atoms with E-state index in [1.807, 2.05) is 0 Å². The largest absolute Gasteiger partial charge is 0.480 e. The highest BCUT2D eigenvalue weighted by Crippen LogP contribution is 2.28. The van der Waals surface area contributed by atoms with Gasteiger partial charge in [0.1, 0.15) is 5.54 Å². The van der Waals surface area contributed by atoms with Gasteiger partial charge < -0.3 is 15.7 Å². The van der Waals surface area contributed by atoms with E-state index in [-0.39, 0.29) is 12.8 Å². The predicted octanol–water partition coefficient (Wildman–Crippen LogP) is 1.97. The van der Waals surface area contributed by atoms with Gasteiger partial charge in [0.05, 0.1) is 6.54 Å². The highest BCUT2D eigenvalue weighted by molar-refractivity contribution is 5.86. The van der Waals surface area contributed by atoms with E-state index in [4.69, 9.17) is 5.11 Å². The van der Waals surface area contributed by atoms with Crippen molar-refractivity contribution in [2.75, 3.05) is 6.54 Å². The minimum atomic E-state index is -4.35. The third kappa shape index (κ3) is 3.97. The number of carboxylic acids is 1. The van der Waals surface area contributed by atoms with Crippen LogP contribution in [0.15, 0.2) is 0 Å². The summed E-state index contributed by atoms with van der Waals surface area (Å²) in [6.07, 6.45) is -1.55. The van der Waals surface area contributed by atoms with E-state index in [1.165, 1.54) is 0 Å². The Morgan fingerprint density at radius 2 is 1.75 bits per heavy atom. The van der Waals surface area contributed by atoms with Crippen molar-refractivity contribution in [1.29, 1.82) is 0 Å². The van der Waals surface area contributed by atoms with Gasteiger partial charge in [-0.1, -0.05) is 19.3 Å². The van der Waals surface area contributed by atoms with Crippen LogP contribution in [0.25, 0.3) is 0 Å². The number of halogens is 4. The minimum Gasteiger partial charge on any atom is -0.480 e. The summed E-state index contributed by atoms with van der Waals surface area (Å²) in [5.74, 6) is -5.60. The number of hydrogen-bond donors (Lipinski definition) is 3. The molecule has 1 rings (SSSR count). The van der Waals surface area contributed by atoms with E-state index in [1.54, 1.807) is 5.32 Å². The first-order valence-electron chi connectivity index (χ1n) is 6.15. The van der Waals surface area contributed by atoms with Crippen molar-refractivity contribution in [2.24, 2.45) is 0 Å². The van der Waals surface area contributed by atoms with Gasteiger partial charge in [-0.2, -0.15) is 8.78 Å². The average molecular weight is 300 g/mol. The lowest BCUT2D eigenvalue weighted by molar-refractivity contribution is -0.145. The molecule has 0 bridgehead atoms. The number of nitrogens with one attached hydrogen (secondary N) is 2. The highest BCUT2D eigenvalue weighted by atomic mass is 19.3. The molecule has 5 nitrogen and oxygen atoms in total. The topological polar surface area (TPSA) is 78.4 Å². The lowest BCUT2D eigenvalue weighted by atomic mass is 9.82. The molecule has 1 saturated carbocycles. The van der Waals surface area contributed by atoms with E-state index in [2.05, 4.69) is 5.32 Å². The minimum absolute atomic E-state index is 0.182. The fourth-order valence-electron chi connectivity index (χ4n) is 2.08. The molecule has 0 heterocycles. The molecule has 0 aliphatic heterocycles. The Kier molecular flexibility index (Phi) is 5.18. The van der Waals surface area contributed by atoms with Crippen molar-refractivity contribution < 1.29 is 32.3 Å². The van der Waals surface area contributed by atoms with Gasteiger partial charge in [0.25, 0.3) is 0 Å². The smallest absolute Gasteiger partial charge is 0.329 e. The van der Waals surface area contributed by atoms with Crippen LogP contribution in [0.3, 0.4) is 0 Å². The van der Waals surface area contributed by atoms with Crippen molar-refractivity contribution in [2.45, 2.75) is 50.0 Å². The third-order valence-electron chi connectivity index (χ3n) is 3.27. The molecule has 0 unspecified atom stereocenters. The van der Waals surface area contributed by atoms with Gasteiger partial charge in [0, 0.05) is 0 Å². The van der Waals surface area contributed by atoms with E-state index < -0.39 is 36.4 Å². The molecule has 0 saturated heterocycles. The standard InChI is InChI=1S/C11H16F4N2O3/c12-7(13)11(14,15)6-16-9(20)17-10(8(18)19)4-2-1-3-5-10/h7H,1-6H2,(H,18,19)(H2,16,17,20). The molecule has 3 N–H and O–H groups in total. The first-order valence-corrected chi connectivity index (χ1v) is 6.15. The average Bonchev–Trinajstić information content (AvgIpc) is 2.37. The van der Waals surface area contributed by atoms with E-state index in [0.717, 1.165) is 6.42 Å². The first kappa shape index (κ1) is 16.5. The van der Waals surface area contributed by atoms with Gasteiger partial charge >= 0.3 is 24.3 Å². The fourth-order valence-corrected chi connectivity index (χ4v) is 2.08. The van der Waals surface area contributed by atoms with Crippen LogP contribution in [-0.2, 0) is 4.79 Å². The SMILES string of the molecule is O=C(NCC(F)(F)C(F)F)NC1(C(=O)O)CCCCC1. The van der Waals surface area contributed by atoms with Crippen LogP contribution in [-0.4, -0.2) is 41.5 Å². The van der Waals surface area contributed by atoms with Gasteiger partial charge in [0.2, 0.25) is 0 Å². The molecule has 0 atom stereocenters. The van der Waals surface area contributed by atoms with Gasteiger partial charge in [0.15, 0.2) is 0 Å². The lowest BCUT2D eigenvalue weighted by Gasteiger charge is -2.34. The van der Waals surface area contributed by atoms with Crippen molar-refractivity contribution in [3.8, 4) is 0 Å². The van der Waals surface area contributed by atoms with Gasteiger partial charge in [-0.3, -0.25) is 0 Å². The Morgan fingerprint density at radius 1 is 1.20 bits per heavy atom. The summed E-state index contributed by atoms with van der Waals surface area (Å²) in [5.41, 5.74) is -1.51. The molecule has 1 aliphatic carbocycles. The third-order valence-corrected chi connectivity index (χ3v) is 3.27. The van der Waals surface area contributed by atoms with Crippen LogP contribution in [0.4, 0.5) is 22.4 Å². The lowest BCUT2D eigenvalue weighted by Crippen LogP contribution is -2.59. The van der Waals surface area contributed by atoms with Crippen LogP contribution in [0.1, 0.15) is 32.1 Å². The van der Waals surface area contributed by atoms with Crippen molar-refractivity contribution in [3.63, 3.8) is 0 Å². The van der Waals surface area contributed by atoms with Crippen LogP contribution < -0.4 is 10.6 Å². The van der Waals surface area contributed by atoms with Gasteiger partial charge in [-0.05, 0) is 12.8 Å². The molecule has 20 heavy (non-hydrogen) atoms. The van der Waals surface area contributed by atoms with E-state index in [0.29, 0.717) is 12.8 Å². The molecule has 1 fully saturated rings. The maximum absolute atomic E-state index is 12.6. The number of hydrogen-bond acceptors (Lipinski definition) is 2. The number of carboxylic acid groups (broad SMARTS) is 1. The number of alkyl halides is 4. The maximum atomic E-state index is 12.6. The van der Waals surface area contributed by atoms with Crippen LogP contribution >= 0.6 is 0 Å². The summed E-state index contributed by atoms with van der Waals surface area (Å²) >= 11 is 0. The Hall–Kier alpha value is -1.54. The van der Waals surface area contributed by atoms with Gasteiger partial charge in [-0.25, -0.2) is 18.4 Å². The van der Waals surface area contributed by atoms with Crippen LogP contribution in [0.2, 0.25) is 0 Å².